The third-order valence-electron chi connectivity index (χ3n) is 4.86. The molecule has 0 fully saturated rings. The highest BCUT2D eigenvalue weighted by Gasteiger charge is 2.28. The minimum Gasteiger partial charge on any atom is -0.373 e. The summed E-state index contributed by atoms with van der Waals surface area (Å²) < 4.78 is 21.4. The van der Waals surface area contributed by atoms with E-state index < -0.39 is 11.9 Å². The summed E-state index contributed by atoms with van der Waals surface area (Å²) in [6, 6.07) is 5.79. The Morgan fingerprint density at radius 2 is 2.14 bits per heavy atom. The van der Waals surface area contributed by atoms with Gasteiger partial charge in [0.1, 0.15) is 17.2 Å². The zero-order chi connectivity index (χ0) is 19.8. The highest BCUT2D eigenvalue weighted by Crippen LogP contribution is 2.30. The topological polar surface area (TPSA) is 69.0 Å². The van der Waals surface area contributed by atoms with Crippen LogP contribution in [-0.4, -0.2) is 27.3 Å². The third-order valence-corrected chi connectivity index (χ3v) is 5.16. The summed E-state index contributed by atoms with van der Waals surface area (Å²) in [5.41, 5.74) is 3.92. The van der Waals surface area contributed by atoms with Gasteiger partial charge in [-0.25, -0.2) is 9.07 Å². The number of pyridine rings is 1. The van der Waals surface area contributed by atoms with E-state index in [1.807, 2.05) is 13.8 Å². The molecular formula is C20H18ClFN4O2. The number of carbonyl (C=O) groups is 1. The van der Waals surface area contributed by atoms with Crippen LogP contribution in [0.4, 0.5) is 4.39 Å². The number of aromatic nitrogens is 3. The van der Waals surface area contributed by atoms with Gasteiger partial charge in [-0.3, -0.25) is 9.78 Å². The van der Waals surface area contributed by atoms with Crippen LogP contribution in [0, 0.1) is 19.7 Å². The molecule has 0 bridgehead atoms. The molecule has 0 spiro atoms. The quantitative estimate of drug-likeness (QED) is 0.728. The van der Waals surface area contributed by atoms with E-state index in [0.29, 0.717) is 18.0 Å². The number of halogens is 2. The average molecular weight is 401 g/mol. The number of fused-ring (bicyclic) bond motifs is 1. The lowest BCUT2D eigenvalue weighted by Crippen LogP contribution is -2.34. The summed E-state index contributed by atoms with van der Waals surface area (Å²) >= 11 is 6.17. The van der Waals surface area contributed by atoms with Crippen molar-refractivity contribution in [2.75, 3.05) is 6.61 Å². The standard InChI is InChI=1S/C20H18ClFN4O2/c1-11-6-16(23-7-12(11)2)20(27)25-17-9-28-10-18-13(17)8-24-26(18)19-14(21)4-3-5-15(19)22/h3-8,17H,9-10H2,1-2H3,(H,25,27)/t17-/m1/s1. The van der Waals surface area contributed by atoms with Gasteiger partial charge in [0.05, 0.1) is 36.2 Å². The van der Waals surface area contributed by atoms with Crippen molar-refractivity contribution in [2.24, 2.45) is 0 Å². The molecule has 0 radical (unpaired) electrons. The van der Waals surface area contributed by atoms with Crippen LogP contribution < -0.4 is 5.32 Å². The van der Waals surface area contributed by atoms with Crippen LogP contribution in [0.5, 0.6) is 0 Å². The predicted octanol–water partition coefficient (Wildman–Crippen LogP) is 3.68. The van der Waals surface area contributed by atoms with Gasteiger partial charge in [0.15, 0.2) is 0 Å². The Bertz CT molecular complexity index is 1050. The first-order valence-corrected chi connectivity index (χ1v) is 9.16. The van der Waals surface area contributed by atoms with Crippen molar-refractivity contribution in [1.82, 2.24) is 20.1 Å². The van der Waals surface area contributed by atoms with Gasteiger partial charge in [-0.1, -0.05) is 17.7 Å². The second-order valence-corrected chi connectivity index (χ2v) is 7.13. The highest BCUT2D eigenvalue weighted by atomic mass is 35.5. The zero-order valence-electron chi connectivity index (χ0n) is 15.4. The van der Waals surface area contributed by atoms with Gasteiger partial charge in [0, 0.05) is 11.8 Å². The molecule has 144 valence electrons. The van der Waals surface area contributed by atoms with E-state index in [9.17, 15) is 9.18 Å². The van der Waals surface area contributed by atoms with E-state index in [0.717, 1.165) is 16.7 Å². The molecule has 3 aromatic rings. The first-order valence-electron chi connectivity index (χ1n) is 8.78. The molecule has 1 aliphatic rings. The smallest absolute Gasteiger partial charge is 0.270 e. The van der Waals surface area contributed by atoms with E-state index in [1.54, 1.807) is 24.5 Å². The Balaban J connectivity index is 1.64. The summed E-state index contributed by atoms with van der Waals surface area (Å²) in [5.74, 6) is -0.787. The van der Waals surface area contributed by atoms with Gasteiger partial charge in [-0.15, -0.1) is 0 Å². The van der Waals surface area contributed by atoms with Crippen molar-refractivity contribution in [3.63, 3.8) is 0 Å². The lowest BCUT2D eigenvalue weighted by atomic mass is 10.1. The Morgan fingerprint density at radius 1 is 1.32 bits per heavy atom. The third kappa shape index (κ3) is 3.27. The van der Waals surface area contributed by atoms with Crippen molar-refractivity contribution in [1.29, 1.82) is 0 Å². The monoisotopic (exact) mass is 400 g/mol. The number of hydrogen-bond acceptors (Lipinski definition) is 4. The molecular weight excluding hydrogens is 383 g/mol. The summed E-state index contributed by atoms with van der Waals surface area (Å²) in [6.45, 7) is 4.40. The van der Waals surface area contributed by atoms with E-state index in [2.05, 4.69) is 15.4 Å². The molecule has 2 aromatic heterocycles. The number of ether oxygens (including phenoxy) is 1. The van der Waals surface area contributed by atoms with Gasteiger partial charge in [-0.05, 0) is 43.2 Å². The molecule has 0 saturated heterocycles. The Morgan fingerprint density at radius 3 is 2.89 bits per heavy atom. The van der Waals surface area contributed by atoms with Gasteiger partial charge in [-0.2, -0.15) is 5.10 Å². The van der Waals surface area contributed by atoms with Gasteiger partial charge >= 0.3 is 0 Å². The number of carbonyl (C=O) groups excluding carboxylic acids is 1. The van der Waals surface area contributed by atoms with Crippen molar-refractivity contribution in [3.8, 4) is 5.69 Å². The largest absolute Gasteiger partial charge is 0.373 e. The second kappa shape index (κ2) is 7.33. The SMILES string of the molecule is Cc1cnc(C(=O)N[C@@H]2COCc3c2cnn3-c2c(F)cccc2Cl)cc1C. The number of amides is 1. The van der Waals surface area contributed by atoms with Crippen molar-refractivity contribution in [3.05, 3.63) is 75.6 Å². The number of nitrogens with one attached hydrogen (secondary N) is 1. The number of hydrogen-bond donors (Lipinski definition) is 1. The molecule has 0 aliphatic carbocycles. The van der Waals surface area contributed by atoms with Crippen LogP contribution in [-0.2, 0) is 11.3 Å². The fourth-order valence-electron chi connectivity index (χ4n) is 3.17. The fraction of sp³-hybridized carbons (Fsp3) is 0.250. The van der Waals surface area contributed by atoms with E-state index in [1.165, 1.54) is 16.8 Å². The maximum Gasteiger partial charge on any atom is 0.270 e. The minimum absolute atomic E-state index is 0.164. The first kappa shape index (κ1) is 18.6. The van der Waals surface area contributed by atoms with Crippen LogP contribution in [0.1, 0.15) is 38.9 Å². The number of benzene rings is 1. The normalized spacial score (nSPS) is 15.9. The zero-order valence-corrected chi connectivity index (χ0v) is 16.1. The van der Waals surface area contributed by atoms with Crippen LogP contribution in [0.25, 0.3) is 5.69 Å². The predicted molar refractivity (Wildman–Crippen MR) is 102 cm³/mol. The molecule has 1 atom stereocenters. The number of aryl methyl sites for hydroxylation is 2. The Labute approximate surface area is 166 Å². The summed E-state index contributed by atoms with van der Waals surface area (Å²) in [5, 5.41) is 7.46. The van der Waals surface area contributed by atoms with Gasteiger partial charge in [0.25, 0.3) is 5.91 Å². The molecule has 1 amide bonds. The Kier molecular flexibility index (Phi) is 4.87. The lowest BCUT2D eigenvalue weighted by Gasteiger charge is -2.24. The van der Waals surface area contributed by atoms with Gasteiger partial charge < -0.3 is 10.1 Å². The molecule has 0 unspecified atom stereocenters. The van der Waals surface area contributed by atoms with Gasteiger partial charge in [0.2, 0.25) is 0 Å². The maximum absolute atomic E-state index is 14.3. The second-order valence-electron chi connectivity index (χ2n) is 6.72. The van der Waals surface area contributed by atoms with E-state index >= 15 is 0 Å². The van der Waals surface area contributed by atoms with Crippen molar-refractivity contribution < 1.29 is 13.9 Å². The molecule has 3 heterocycles. The van der Waals surface area contributed by atoms with E-state index in [4.69, 9.17) is 16.3 Å². The van der Waals surface area contributed by atoms with Crippen LogP contribution in [0.2, 0.25) is 5.02 Å². The average Bonchev–Trinajstić information content (AvgIpc) is 3.09. The molecule has 1 aliphatic heterocycles. The first-order chi connectivity index (χ1) is 13.5. The molecule has 6 nitrogen and oxygen atoms in total. The Hall–Kier alpha value is -2.77. The number of para-hydroxylation sites is 1. The number of nitrogens with zero attached hydrogens (tertiary/aromatic N) is 3. The molecule has 4 rings (SSSR count). The minimum atomic E-state index is -0.483. The fourth-order valence-corrected chi connectivity index (χ4v) is 3.41. The number of rotatable bonds is 3. The molecule has 8 heteroatoms. The molecule has 1 N–H and O–H groups in total. The molecule has 28 heavy (non-hydrogen) atoms. The lowest BCUT2D eigenvalue weighted by molar-refractivity contribution is 0.0684. The van der Waals surface area contributed by atoms with Crippen molar-refractivity contribution in [2.45, 2.75) is 26.5 Å². The maximum atomic E-state index is 14.3. The summed E-state index contributed by atoms with van der Waals surface area (Å²) in [7, 11) is 0. The van der Waals surface area contributed by atoms with Crippen LogP contribution >= 0.6 is 11.6 Å². The molecule has 0 saturated carbocycles. The van der Waals surface area contributed by atoms with Crippen LogP contribution in [0.3, 0.4) is 0 Å². The van der Waals surface area contributed by atoms with Crippen molar-refractivity contribution >= 4 is 17.5 Å². The molecule has 1 aromatic carbocycles. The summed E-state index contributed by atoms with van der Waals surface area (Å²) in [6.07, 6.45) is 3.28. The van der Waals surface area contributed by atoms with E-state index in [-0.39, 0.29) is 23.2 Å². The highest BCUT2D eigenvalue weighted by molar-refractivity contribution is 6.32. The van der Waals surface area contributed by atoms with Crippen LogP contribution in [0.15, 0.2) is 36.7 Å². The summed E-state index contributed by atoms with van der Waals surface area (Å²) in [4.78, 5) is 16.8.